The molecule has 4 aromatic rings. The second kappa shape index (κ2) is 6.84. The van der Waals surface area contributed by atoms with E-state index in [-0.39, 0.29) is 6.17 Å². The minimum absolute atomic E-state index is 0.135. The third-order valence-electron chi connectivity index (χ3n) is 4.11. The lowest BCUT2D eigenvalue weighted by Crippen LogP contribution is -2.21. The molecule has 1 N–H and O–H groups in total. The van der Waals surface area contributed by atoms with Crippen molar-refractivity contribution in [2.24, 2.45) is 0 Å². The first-order valence-electron chi connectivity index (χ1n) is 8.09. The first-order chi connectivity index (χ1) is 12.2. The number of aromatic nitrogens is 3. The molecule has 1 heterocycles. The first-order valence-corrected chi connectivity index (χ1v) is 9.17. The van der Waals surface area contributed by atoms with Gasteiger partial charge in [0, 0.05) is 9.26 Å². The molecule has 5 heteroatoms. The molecule has 4 nitrogen and oxygen atoms in total. The highest BCUT2D eigenvalue weighted by Gasteiger charge is 2.18. The topological polar surface area (TPSA) is 42.7 Å². The van der Waals surface area contributed by atoms with Gasteiger partial charge in [-0.15, -0.1) is 5.10 Å². The van der Waals surface area contributed by atoms with Gasteiger partial charge in [0.15, 0.2) is 0 Å². The van der Waals surface area contributed by atoms with E-state index in [0.29, 0.717) is 0 Å². The molecule has 0 unspecified atom stereocenters. The van der Waals surface area contributed by atoms with Gasteiger partial charge in [-0.1, -0.05) is 41.6 Å². The van der Waals surface area contributed by atoms with E-state index in [9.17, 15) is 0 Å². The molecule has 0 saturated heterocycles. The fourth-order valence-corrected chi connectivity index (χ4v) is 3.50. The fourth-order valence-electron chi connectivity index (χ4n) is 2.93. The maximum atomic E-state index is 4.42. The summed E-state index contributed by atoms with van der Waals surface area (Å²) in [6.07, 6.45) is -0.135. The van der Waals surface area contributed by atoms with E-state index < -0.39 is 0 Å². The van der Waals surface area contributed by atoms with E-state index in [1.54, 1.807) is 0 Å². The van der Waals surface area contributed by atoms with Gasteiger partial charge in [-0.2, -0.15) is 0 Å². The molecule has 0 amide bonds. The van der Waals surface area contributed by atoms with Gasteiger partial charge >= 0.3 is 0 Å². The van der Waals surface area contributed by atoms with Crippen LogP contribution in [0.2, 0.25) is 0 Å². The van der Waals surface area contributed by atoms with Crippen molar-refractivity contribution >= 4 is 39.3 Å². The summed E-state index contributed by atoms with van der Waals surface area (Å²) < 4.78 is 3.14. The van der Waals surface area contributed by atoms with Crippen molar-refractivity contribution in [2.45, 2.75) is 13.1 Å². The Balaban J connectivity index is 1.83. The maximum absolute atomic E-state index is 4.42. The maximum Gasteiger partial charge on any atom is 0.149 e. The van der Waals surface area contributed by atoms with E-state index >= 15 is 0 Å². The molecule has 0 fully saturated rings. The van der Waals surface area contributed by atoms with Gasteiger partial charge in [0.1, 0.15) is 11.7 Å². The predicted octanol–water partition coefficient (Wildman–Crippen LogP) is 5.00. The SMILES string of the molecule is Cc1cccc(N[C@H](c2cccc(I)c2)n2nnc3ccccc32)c1. The van der Waals surface area contributed by atoms with Gasteiger partial charge in [-0.3, -0.25) is 0 Å². The lowest BCUT2D eigenvalue weighted by atomic mass is 10.1. The van der Waals surface area contributed by atoms with Crippen LogP contribution in [0.4, 0.5) is 5.69 Å². The second-order valence-electron chi connectivity index (χ2n) is 5.99. The summed E-state index contributed by atoms with van der Waals surface area (Å²) in [5, 5.41) is 12.4. The van der Waals surface area contributed by atoms with Crippen LogP contribution >= 0.6 is 22.6 Å². The van der Waals surface area contributed by atoms with E-state index in [1.807, 2.05) is 28.9 Å². The van der Waals surface area contributed by atoms with Crippen molar-refractivity contribution in [3.63, 3.8) is 0 Å². The zero-order chi connectivity index (χ0) is 17.2. The summed E-state index contributed by atoms with van der Waals surface area (Å²) in [6, 6.07) is 24.8. The van der Waals surface area contributed by atoms with Crippen molar-refractivity contribution in [1.82, 2.24) is 15.0 Å². The normalized spacial score (nSPS) is 12.2. The number of halogens is 1. The van der Waals surface area contributed by atoms with E-state index in [1.165, 1.54) is 9.13 Å². The summed E-state index contributed by atoms with van der Waals surface area (Å²) in [4.78, 5) is 0. The Kier molecular flexibility index (Phi) is 4.40. The number of hydrogen-bond donors (Lipinski definition) is 1. The van der Waals surface area contributed by atoms with Crippen molar-refractivity contribution in [1.29, 1.82) is 0 Å². The smallest absolute Gasteiger partial charge is 0.149 e. The van der Waals surface area contributed by atoms with Crippen LogP contribution < -0.4 is 5.32 Å². The van der Waals surface area contributed by atoms with E-state index in [4.69, 9.17) is 0 Å². The van der Waals surface area contributed by atoms with E-state index in [2.05, 4.69) is 93.7 Å². The minimum Gasteiger partial charge on any atom is -0.360 e. The molecule has 25 heavy (non-hydrogen) atoms. The number of hydrogen-bond acceptors (Lipinski definition) is 3. The predicted molar refractivity (Wildman–Crippen MR) is 110 cm³/mol. The second-order valence-corrected chi connectivity index (χ2v) is 7.24. The third-order valence-corrected chi connectivity index (χ3v) is 4.78. The Bertz CT molecular complexity index is 1020. The van der Waals surface area contributed by atoms with Crippen molar-refractivity contribution in [3.8, 4) is 0 Å². The van der Waals surface area contributed by atoms with Crippen LogP contribution in [0.15, 0.2) is 72.8 Å². The molecular formula is C20H17IN4. The molecular weight excluding hydrogens is 423 g/mol. The standard InChI is InChI=1S/C20H17IN4/c1-14-6-4-9-17(12-14)22-20(15-7-5-8-16(21)13-15)25-19-11-3-2-10-18(19)23-24-25/h2-13,20,22H,1H3/t20-/m0/s1. The quantitative estimate of drug-likeness (QED) is 0.454. The van der Waals surface area contributed by atoms with Crippen LogP contribution in [0.3, 0.4) is 0 Å². The summed E-state index contributed by atoms with van der Waals surface area (Å²) in [5.41, 5.74) is 5.32. The zero-order valence-electron chi connectivity index (χ0n) is 13.7. The molecule has 0 bridgehead atoms. The minimum atomic E-state index is -0.135. The molecule has 0 aliphatic carbocycles. The number of nitrogens with zero attached hydrogens (tertiary/aromatic N) is 3. The number of anilines is 1. The van der Waals surface area contributed by atoms with Crippen LogP contribution in [0.25, 0.3) is 11.0 Å². The molecule has 3 aromatic carbocycles. The number of fused-ring (bicyclic) bond motifs is 1. The molecule has 0 spiro atoms. The highest BCUT2D eigenvalue weighted by atomic mass is 127. The van der Waals surface area contributed by atoms with Gasteiger partial charge < -0.3 is 5.32 Å². The molecule has 1 aromatic heterocycles. The molecule has 0 aliphatic heterocycles. The van der Waals surface area contributed by atoms with Gasteiger partial charge in [0.2, 0.25) is 0 Å². The van der Waals surface area contributed by atoms with Crippen LogP contribution in [-0.4, -0.2) is 15.0 Å². The summed E-state index contributed by atoms with van der Waals surface area (Å²) in [5.74, 6) is 0. The molecule has 124 valence electrons. The largest absolute Gasteiger partial charge is 0.360 e. The Labute approximate surface area is 160 Å². The summed E-state index contributed by atoms with van der Waals surface area (Å²) in [6.45, 7) is 2.09. The lowest BCUT2D eigenvalue weighted by Gasteiger charge is -2.21. The molecule has 0 radical (unpaired) electrons. The molecule has 0 aliphatic rings. The lowest BCUT2D eigenvalue weighted by molar-refractivity contribution is 0.571. The van der Waals surface area contributed by atoms with Crippen LogP contribution in [-0.2, 0) is 0 Å². The number of nitrogens with one attached hydrogen (secondary N) is 1. The monoisotopic (exact) mass is 440 g/mol. The fraction of sp³-hybridized carbons (Fsp3) is 0.100. The Morgan fingerprint density at radius 1 is 0.960 bits per heavy atom. The average molecular weight is 440 g/mol. The van der Waals surface area contributed by atoms with Gasteiger partial charge in [-0.25, -0.2) is 4.68 Å². The number of aryl methyl sites for hydroxylation is 1. The molecule has 4 rings (SSSR count). The zero-order valence-corrected chi connectivity index (χ0v) is 15.9. The molecule has 0 saturated carbocycles. The Morgan fingerprint density at radius 3 is 2.64 bits per heavy atom. The highest BCUT2D eigenvalue weighted by molar-refractivity contribution is 14.1. The van der Waals surface area contributed by atoms with E-state index in [0.717, 1.165) is 22.3 Å². The number of rotatable bonds is 4. The van der Waals surface area contributed by atoms with Crippen molar-refractivity contribution in [3.05, 3.63) is 87.5 Å². The van der Waals surface area contributed by atoms with Crippen molar-refractivity contribution < 1.29 is 0 Å². The summed E-state index contributed by atoms with van der Waals surface area (Å²) in [7, 11) is 0. The molecule has 1 atom stereocenters. The van der Waals surface area contributed by atoms with Gasteiger partial charge in [0.25, 0.3) is 0 Å². The Morgan fingerprint density at radius 2 is 1.80 bits per heavy atom. The first kappa shape index (κ1) is 16.1. The Hall–Kier alpha value is -2.41. The van der Waals surface area contributed by atoms with Crippen LogP contribution in [0, 0.1) is 10.5 Å². The van der Waals surface area contributed by atoms with Crippen LogP contribution in [0.5, 0.6) is 0 Å². The van der Waals surface area contributed by atoms with Crippen LogP contribution in [0.1, 0.15) is 17.3 Å². The van der Waals surface area contributed by atoms with Gasteiger partial charge in [0.05, 0.1) is 5.52 Å². The average Bonchev–Trinajstić information content (AvgIpc) is 3.04. The number of benzene rings is 3. The highest BCUT2D eigenvalue weighted by Crippen LogP contribution is 2.26. The van der Waals surface area contributed by atoms with Gasteiger partial charge in [-0.05, 0) is 77.0 Å². The third kappa shape index (κ3) is 3.37. The number of para-hydroxylation sites is 1. The van der Waals surface area contributed by atoms with Crippen molar-refractivity contribution in [2.75, 3.05) is 5.32 Å². The summed E-state index contributed by atoms with van der Waals surface area (Å²) >= 11 is 2.34.